The largest absolute Gasteiger partial charge is 0.416 e. The third kappa shape index (κ3) is 2.91. The summed E-state index contributed by atoms with van der Waals surface area (Å²) in [6.07, 6.45) is -4.14. The first-order chi connectivity index (χ1) is 8.87. The first-order valence-electron chi connectivity index (χ1n) is 6.05. The topological polar surface area (TPSA) is 44.5 Å². The van der Waals surface area contributed by atoms with Gasteiger partial charge >= 0.3 is 6.18 Å². The van der Waals surface area contributed by atoms with E-state index in [1.54, 1.807) is 6.07 Å². The monoisotopic (exact) mass is 275 g/mol. The molecule has 2 N–H and O–H groups in total. The molecule has 1 aliphatic rings. The molecule has 106 valence electrons. The van der Waals surface area contributed by atoms with Crippen LogP contribution in [0.5, 0.6) is 0 Å². The van der Waals surface area contributed by atoms with Crippen LogP contribution >= 0.6 is 0 Å². The van der Waals surface area contributed by atoms with Crippen molar-refractivity contribution in [2.75, 3.05) is 13.2 Å². The summed E-state index contributed by atoms with van der Waals surface area (Å²) < 4.78 is 50.0. The highest BCUT2D eigenvalue weighted by molar-refractivity contribution is 5.33. The lowest BCUT2D eigenvalue weighted by Crippen LogP contribution is -2.28. The van der Waals surface area contributed by atoms with Gasteiger partial charge in [0, 0.05) is 5.56 Å². The minimum Gasteiger partial charge on any atom is -0.343 e. The molecule has 0 aliphatic carbocycles. The van der Waals surface area contributed by atoms with Gasteiger partial charge in [-0.3, -0.25) is 0 Å². The molecular weight excluding hydrogens is 259 g/mol. The summed E-state index contributed by atoms with van der Waals surface area (Å²) >= 11 is 0. The molecule has 0 amide bonds. The van der Waals surface area contributed by atoms with Gasteiger partial charge in [-0.25, -0.2) is 0 Å². The van der Waals surface area contributed by atoms with E-state index in [1.165, 1.54) is 19.1 Å². The molecule has 0 aromatic heterocycles. The molecule has 2 rings (SSSR count). The van der Waals surface area contributed by atoms with Crippen molar-refractivity contribution < 1.29 is 22.6 Å². The van der Waals surface area contributed by atoms with Crippen LogP contribution in [-0.4, -0.2) is 19.3 Å². The fourth-order valence-electron chi connectivity index (χ4n) is 2.23. The Kier molecular flexibility index (Phi) is 3.85. The molecule has 19 heavy (non-hydrogen) atoms. The fraction of sp³-hybridized carbons (Fsp3) is 0.538. The highest BCUT2D eigenvalue weighted by Gasteiger charge is 2.44. The molecule has 1 fully saturated rings. The molecule has 3 nitrogen and oxygen atoms in total. The lowest BCUT2D eigenvalue weighted by Gasteiger charge is -2.27. The zero-order valence-corrected chi connectivity index (χ0v) is 10.5. The Balaban J connectivity index is 2.32. The van der Waals surface area contributed by atoms with Crippen LogP contribution in [0.25, 0.3) is 0 Å². The first kappa shape index (κ1) is 14.3. The number of hydrogen-bond acceptors (Lipinski definition) is 3. The van der Waals surface area contributed by atoms with E-state index in [2.05, 4.69) is 0 Å². The second-order valence-corrected chi connectivity index (χ2v) is 4.62. The van der Waals surface area contributed by atoms with E-state index >= 15 is 0 Å². The standard InChI is InChI=1S/C13H16F3NO2/c1-12(18-8-9(19-12)6-7-17)10-4-2-3-5-11(10)13(14,15)16/h2-5,9H,6-8,17H2,1H3. The van der Waals surface area contributed by atoms with Crippen LogP contribution in [0.1, 0.15) is 24.5 Å². The van der Waals surface area contributed by atoms with Crippen LogP contribution < -0.4 is 5.73 Å². The number of hydrogen-bond donors (Lipinski definition) is 1. The molecule has 2 unspecified atom stereocenters. The maximum absolute atomic E-state index is 13.0. The number of benzene rings is 1. The fourth-order valence-corrected chi connectivity index (χ4v) is 2.23. The number of ether oxygens (including phenoxy) is 2. The highest BCUT2D eigenvalue weighted by atomic mass is 19.4. The molecule has 2 atom stereocenters. The van der Waals surface area contributed by atoms with Gasteiger partial charge in [-0.05, 0) is 26.0 Å². The number of alkyl halides is 3. The molecule has 0 radical (unpaired) electrons. The smallest absolute Gasteiger partial charge is 0.343 e. The van der Waals surface area contributed by atoms with Crippen molar-refractivity contribution in [3.63, 3.8) is 0 Å². The van der Waals surface area contributed by atoms with Gasteiger partial charge in [-0.2, -0.15) is 13.2 Å². The van der Waals surface area contributed by atoms with E-state index in [0.717, 1.165) is 6.07 Å². The molecule has 6 heteroatoms. The van der Waals surface area contributed by atoms with E-state index in [0.29, 0.717) is 13.0 Å². The van der Waals surface area contributed by atoms with Crippen molar-refractivity contribution in [2.45, 2.75) is 31.4 Å². The van der Waals surface area contributed by atoms with Gasteiger partial charge in [-0.15, -0.1) is 0 Å². The average Bonchev–Trinajstić information content (AvgIpc) is 2.72. The number of rotatable bonds is 3. The van der Waals surface area contributed by atoms with E-state index in [9.17, 15) is 13.2 Å². The molecule has 1 heterocycles. The zero-order valence-electron chi connectivity index (χ0n) is 10.5. The second kappa shape index (κ2) is 5.11. The summed E-state index contributed by atoms with van der Waals surface area (Å²) in [7, 11) is 0. The highest BCUT2D eigenvalue weighted by Crippen LogP contribution is 2.41. The minimum absolute atomic E-state index is 0.00187. The van der Waals surface area contributed by atoms with Gasteiger partial charge in [0.15, 0.2) is 5.79 Å². The minimum atomic E-state index is -4.43. The van der Waals surface area contributed by atoms with Crippen molar-refractivity contribution in [3.8, 4) is 0 Å². The molecular formula is C13H16F3NO2. The van der Waals surface area contributed by atoms with Crippen molar-refractivity contribution >= 4 is 0 Å². The first-order valence-corrected chi connectivity index (χ1v) is 6.05. The quantitative estimate of drug-likeness (QED) is 0.922. The third-order valence-corrected chi connectivity index (χ3v) is 3.15. The van der Waals surface area contributed by atoms with Gasteiger partial charge in [0.05, 0.1) is 18.3 Å². The van der Waals surface area contributed by atoms with Crippen molar-refractivity contribution in [2.24, 2.45) is 5.73 Å². The van der Waals surface area contributed by atoms with Gasteiger partial charge in [0.1, 0.15) is 0 Å². The predicted molar refractivity (Wildman–Crippen MR) is 63.3 cm³/mol. The second-order valence-electron chi connectivity index (χ2n) is 4.62. The summed E-state index contributed by atoms with van der Waals surface area (Å²) in [6, 6.07) is 5.30. The lowest BCUT2D eigenvalue weighted by molar-refractivity contribution is -0.175. The van der Waals surface area contributed by atoms with Crippen LogP contribution in [0.15, 0.2) is 24.3 Å². The summed E-state index contributed by atoms with van der Waals surface area (Å²) in [5.74, 6) is -1.37. The van der Waals surface area contributed by atoms with Gasteiger partial charge in [0.25, 0.3) is 0 Å². The van der Waals surface area contributed by atoms with Crippen LogP contribution in [0, 0.1) is 0 Å². The van der Waals surface area contributed by atoms with E-state index in [4.69, 9.17) is 15.2 Å². The predicted octanol–water partition coefficient (Wildman–Crippen LogP) is 2.64. The van der Waals surface area contributed by atoms with Crippen molar-refractivity contribution in [3.05, 3.63) is 35.4 Å². The van der Waals surface area contributed by atoms with Crippen LogP contribution in [0.4, 0.5) is 13.2 Å². The number of halogens is 3. The van der Waals surface area contributed by atoms with Crippen LogP contribution in [0.2, 0.25) is 0 Å². The lowest BCUT2D eigenvalue weighted by atomic mass is 10.00. The van der Waals surface area contributed by atoms with E-state index in [-0.39, 0.29) is 18.3 Å². The summed E-state index contributed by atoms with van der Waals surface area (Å²) in [5.41, 5.74) is 4.69. The molecule has 1 aliphatic heterocycles. The molecule has 0 spiro atoms. The van der Waals surface area contributed by atoms with Crippen LogP contribution in [-0.2, 0) is 21.4 Å². The summed E-state index contributed by atoms with van der Waals surface area (Å²) in [5, 5.41) is 0. The normalized spacial score (nSPS) is 27.7. The number of nitrogens with two attached hydrogens (primary N) is 1. The van der Waals surface area contributed by atoms with Crippen LogP contribution in [0.3, 0.4) is 0 Å². The van der Waals surface area contributed by atoms with Crippen molar-refractivity contribution in [1.82, 2.24) is 0 Å². The maximum atomic E-state index is 13.0. The molecule has 1 saturated heterocycles. The van der Waals surface area contributed by atoms with E-state index in [1.807, 2.05) is 0 Å². The third-order valence-electron chi connectivity index (χ3n) is 3.15. The summed E-state index contributed by atoms with van der Waals surface area (Å²) in [6.45, 7) is 2.17. The Morgan fingerprint density at radius 1 is 1.37 bits per heavy atom. The van der Waals surface area contributed by atoms with Crippen molar-refractivity contribution in [1.29, 1.82) is 0 Å². The molecule has 1 aromatic rings. The summed E-state index contributed by atoms with van der Waals surface area (Å²) in [4.78, 5) is 0. The average molecular weight is 275 g/mol. The van der Waals surface area contributed by atoms with E-state index < -0.39 is 17.5 Å². The Labute approximate surface area is 109 Å². The Hall–Kier alpha value is -1.11. The zero-order chi connectivity index (χ0) is 14.1. The van der Waals surface area contributed by atoms with Gasteiger partial charge in [-0.1, -0.05) is 18.2 Å². The Morgan fingerprint density at radius 2 is 2.05 bits per heavy atom. The van der Waals surface area contributed by atoms with Gasteiger partial charge in [0.2, 0.25) is 0 Å². The molecule has 0 bridgehead atoms. The molecule has 1 aromatic carbocycles. The Morgan fingerprint density at radius 3 is 2.68 bits per heavy atom. The maximum Gasteiger partial charge on any atom is 0.416 e. The Bertz CT molecular complexity index is 450. The van der Waals surface area contributed by atoms with Gasteiger partial charge < -0.3 is 15.2 Å². The molecule has 0 saturated carbocycles. The SMILES string of the molecule is CC1(c2ccccc2C(F)(F)F)OCC(CCN)O1.